The minimum atomic E-state index is -1.66. The third-order valence-electron chi connectivity index (χ3n) is 3.39. The van der Waals surface area contributed by atoms with Gasteiger partial charge in [-0.15, -0.1) is 0 Å². The molecule has 1 N–H and O–H groups in total. The van der Waals surface area contributed by atoms with E-state index in [0.717, 1.165) is 6.42 Å². The van der Waals surface area contributed by atoms with Crippen LogP contribution in [0.1, 0.15) is 27.2 Å². The normalized spacial score (nSPS) is 22.5. The molecule has 15 heavy (non-hydrogen) atoms. The zero-order chi connectivity index (χ0) is 11.7. The number of rotatable bonds is 3. The Morgan fingerprint density at radius 2 is 2.13 bits per heavy atom. The summed E-state index contributed by atoms with van der Waals surface area (Å²) in [6, 6.07) is 0.187. The van der Waals surface area contributed by atoms with Crippen LogP contribution in [0.25, 0.3) is 0 Å². The van der Waals surface area contributed by atoms with Crippen LogP contribution in [0.15, 0.2) is 0 Å². The number of amides is 1. The molecule has 1 fully saturated rings. The number of hydrogen-bond donors (Lipinski definition) is 1. The van der Waals surface area contributed by atoms with Crippen molar-refractivity contribution in [3.8, 4) is 0 Å². The molecule has 0 radical (unpaired) electrons. The smallest absolute Gasteiger partial charge is 0.402 e. The maximum absolute atomic E-state index is 11.0. The fourth-order valence-electron chi connectivity index (χ4n) is 1.20. The van der Waals surface area contributed by atoms with Crippen molar-refractivity contribution < 1.29 is 9.22 Å². The van der Waals surface area contributed by atoms with Crippen LogP contribution in [0.3, 0.4) is 0 Å². The van der Waals surface area contributed by atoms with Crippen LogP contribution < -0.4 is 5.32 Å². The van der Waals surface area contributed by atoms with Crippen molar-refractivity contribution in [2.75, 3.05) is 6.61 Å². The SMILES string of the molecule is CC(C)(C)[Si](C)(C)OC[C@H]1C[CH+]C(=O)N1. The maximum atomic E-state index is 11.0. The molecule has 1 saturated heterocycles. The molecule has 1 aliphatic rings. The lowest BCUT2D eigenvalue weighted by atomic mass is 10.2. The lowest BCUT2D eigenvalue weighted by Gasteiger charge is -2.36. The molecule has 86 valence electrons. The van der Waals surface area contributed by atoms with Crippen LogP contribution in [-0.4, -0.2) is 26.9 Å². The van der Waals surface area contributed by atoms with Crippen LogP contribution in [0.5, 0.6) is 0 Å². The second kappa shape index (κ2) is 4.18. The molecule has 0 spiro atoms. The van der Waals surface area contributed by atoms with Crippen molar-refractivity contribution in [3.63, 3.8) is 0 Å². The first kappa shape index (κ1) is 12.6. The third kappa shape index (κ3) is 3.24. The highest BCUT2D eigenvalue weighted by Crippen LogP contribution is 2.36. The van der Waals surface area contributed by atoms with E-state index in [1.807, 2.05) is 0 Å². The summed E-state index contributed by atoms with van der Waals surface area (Å²) < 4.78 is 6.03. The highest BCUT2D eigenvalue weighted by Gasteiger charge is 2.39. The van der Waals surface area contributed by atoms with Gasteiger partial charge in [-0.3, -0.25) is 0 Å². The Bertz CT molecular complexity index is 245. The van der Waals surface area contributed by atoms with E-state index in [-0.39, 0.29) is 17.0 Å². The van der Waals surface area contributed by atoms with E-state index < -0.39 is 8.32 Å². The van der Waals surface area contributed by atoms with Gasteiger partial charge in [0.25, 0.3) is 0 Å². The Balaban J connectivity index is 2.40. The van der Waals surface area contributed by atoms with Gasteiger partial charge < -0.3 is 9.74 Å². The Hall–Kier alpha value is -0.483. The standard InChI is InChI=1S/C11H21NO2Si/c1-11(2,3)15(4,5)14-8-9-6-7-10(13)12-9/h7,9H,6,8H2,1-5H3/p+1/t9-/m1/s1. The topological polar surface area (TPSA) is 38.3 Å². The molecule has 3 nitrogen and oxygen atoms in total. The zero-order valence-electron chi connectivity index (χ0n) is 10.4. The molecule has 0 aliphatic carbocycles. The first-order valence-electron chi connectivity index (χ1n) is 5.50. The van der Waals surface area contributed by atoms with Crippen molar-refractivity contribution in [1.82, 2.24) is 5.32 Å². The van der Waals surface area contributed by atoms with Crippen LogP contribution in [-0.2, 0) is 9.22 Å². The largest absolute Gasteiger partial charge is 0.415 e. The second-order valence-electron chi connectivity index (χ2n) is 5.72. The molecule has 0 bridgehead atoms. The molecule has 0 saturated carbocycles. The molecule has 4 heteroatoms. The molecule has 1 aliphatic heterocycles. The predicted octanol–water partition coefficient (Wildman–Crippen LogP) is 2.10. The minimum absolute atomic E-state index is 0.0406. The van der Waals surface area contributed by atoms with Gasteiger partial charge in [0.1, 0.15) is 6.42 Å². The molecule has 1 amide bonds. The van der Waals surface area contributed by atoms with Gasteiger partial charge in [0.05, 0.1) is 12.6 Å². The van der Waals surface area contributed by atoms with Gasteiger partial charge in [0.15, 0.2) is 14.7 Å². The molecular formula is C11H22NO2Si+. The van der Waals surface area contributed by atoms with Crippen LogP contribution in [0.2, 0.25) is 18.1 Å². The number of hydrogen-bond acceptors (Lipinski definition) is 2. The van der Waals surface area contributed by atoms with E-state index in [0.29, 0.717) is 6.61 Å². The van der Waals surface area contributed by atoms with Crippen molar-refractivity contribution in [3.05, 3.63) is 6.42 Å². The van der Waals surface area contributed by atoms with Gasteiger partial charge in [0.2, 0.25) is 0 Å². The van der Waals surface area contributed by atoms with Crippen LogP contribution in [0.4, 0.5) is 0 Å². The highest BCUT2D eigenvalue weighted by atomic mass is 28.4. The van der Waals surface area contributed by atoms with E-state index in [9.17, 15) is 4.79 Å². The predicted molar refractivity (Wildman–Crippen MR) is 64.0 cm³/mol. The molecule has 1 atom stereocenters. The summed E-state index contributed by atoms with van der Waals surface area (Å²) in [7, 11) is -1.66. The van der Waals surface area contributed by atoms with E-state index in [4.69, 9.17) is 4.43 Å². The van der Waals surface area contributed by atoms with Crippen molar-refractivity contribution in [2.45, 2.75) is 51.4 Å². The van der Waals surface area contributed by atoms with Gasteiger partial charge in [-0.2, -0.15) is 0 Å². The van der Waals surface area contributed by atoms with Gasteiger partial charge >= 0.3 is 5.91 Å². The number of carbonyl (C=O) groups excluding carboxylic acids is 1. The second-order valence-corrected chi connectivity index (χ2v) is 10.5. The zero-order valence-corrected chi connectivity index (χ0v) is 11.4. The van der Waals surface area contributed by atoms with Crippen LogP contribution in [0, 0.1) is 6.42 Å². The Morgan fingerprint density at radius 1 is 1.53 bits per heavy atom. The first-order valence-corrected chi connectivity index (χ1v) is 8.41. The van der Waals surface area contributed by atoms with Crippen molar-refractivity contribution >= 4 is 14.2 Å². The fourth-order valence-corrected chi connectivity index (χ4v) is 2.25. The molecule has 1 heterocycles. The van der Waals surface area contributed by atoms with E-state index in [2.05, 4.69) is 39.2 Å². The number of carbonyl (C=O) groups is 1. The van der Waals surface area contributed by atoms with E-state index in [1.165, 1.54) is 0 Å². The average molecular weight is 228 g/mol. The molecule has 0 aromatic heterocycles. The van der Waals surface area contributed by atoms with E-state index in [1.54, 1.807) is 6.42 Å². The number of nitrogens with one attached hydrogen (secondary N) is 1. The van der Waals surface area contributed by atoms with Gasteiger partial charge in [-0.05, 0) is 18.1 Å². The quantitative estimate of drug-likeness (QED) is 0.593. The Labute approximate surface area is 93.7 Å². The molecule has 0 unspecified atom stereocenters. The van der Waals surface area contributed by atoms with Crippen molar-refractivity contribution in [2.24, 2.45) is 0 Å². The maximum Gasteiger partial charge on any atom is 0.402 e. The Morgan fingerprint density at radius 3 is 2.53 bits per heavy atom. The van der Waals surface area contributed by atoms with E-state index >= 15 is 0 Å². The van der Waals surface area contributed by atoms with Crippen LogP contribution >= 0.6 is 0 Å². The van der Waals surface area contributed by atoms with Gasteiger partial charge in [-0.1, -0.05) is 20.8 Å². The summed E-state index contributed by atoms with van der Waals surface area (Å²) >= 11 is 0. The fraction of sp³-hybridized carbons (Fsp3) is 0.818. The molecule has 1 rings (SSSR count). The van der Waals surface area contributed by atoms with Crippen molar-refractivity contribution in [1.29, 1.82) is 0 Å². The summed E-state index contributed by atoms with van der Waals surface area (Å²) in [4.78, 5) is 11.0. The summed E-state index contributed by atoms with van der Waals surface area (Å²) in [5.74, 6) is 0.0406. The molecule has 0 aromatic rings. The first-order chi connectivity index (χ1) is 6.72. The molecule has 0 aromatic carbocycles. The monoisotopic (exact) mass is 228 g/mol. The molecular weight excluding hydrogens is 206 g/mol. The van der Waals surface area contributed by atoms with Gasteiger partial charge in [0, 0.05) is 0 Å². The average Bonchev–Trinajstić information content (AvgIpc) is 2.46. The van der Waals surface area contributed by atoms with Gasteiger partial charge in [-0.25, -0.2) is 4.79 Å². The lowest BCUT2D eigenvalue weighted by molar-refractivity contribution is -0.116. The summed E-state index contributed by atoms with van der Waals surface area (Å²) in [6.07, 6.45) is 2.49. The highest BCUT2D eigenvalue weighted by molar-refractivity contribution is 6.74. The summed E-state index contributed by atoms with van der Waals surface area (Å²) in [5, 5.41) is 3.12. The lowest BCUT2D eigenvalue weighted by Crippen LogP contribution is -2.44. The Kier molecular flexibility index (Phi) is 3.50. The summed E-state index contributed by atoms with van der Waals surface area (Å²) in [6.45, 7) is 11.8. The summed E-state index contributed by atoms with van der Waals surface area (Å²) in [5.41, 5.74) is 0. The third-order valence-corrected chi connectivity index (χ3v) is 7.89. The minimum Gasteiger partial charge on any atom is -0.415 e.